The van der Waals surface area contributed by atoms with Crippen LogP contribution in [0.4, 0.5) is 0 Å². The van der Waals surface area contributed by atoms with Gasteiger partial charge in [-0.2, -0.15) is 0 Å². The molecule has 0 saturated carbocycles. The molecule has 26 heavy (non-hydrogen) atoms. The molecule has 142 valence electrons. The average Bonchev–Trinajstić information content (AvgIpc) is 3.17. The van der Waals surface area contributed by atoms with Crippen molar-refractivity contribution in [1.29, 1.82) is 0 Å². The summed E-state index contributed by atoms with van der Waals surface area (Å²) in [6.07, 6.45) is 2.36. The van der Waals surface area contributed by atoms with Crippen LogP contribution in [0.5, 0.6) is 0 Å². The number of ether oxygens (including phenoxy) is 2. The Labute approximate surface area is 149 Å². The van der Waals surface area contributed by atoms with Crippen molar-refractivity contribution in [2.75, 3.05) is 19.3 Å². The molecule has 4 unspecified atom stereocenters. The van der Waals surface area contributed by atoms with Gasteiger partial charge in [0.25, 0.3) is 0 Å². The van der Waals surface area contributed by atoms with Crippen LogP contribution in [-0.2, 0) is 28.4 Å². The molecule has 2 fully saturated rings. The number of rotatable bonds is 7. The Morgan fingerprint density at radius 2 is 2.12 bits per heavy atom. The van der Waals surface area contributed by atoms with Gasteiger partial charge in [-0.1, -0.05) is 12.7 Å². The molecule has 2 saturated heterocycles. The van der Waals surface area contributed by atoms with E-state index in [1.807, 2.05) is 0 Å². The Hall–Kier alpha value is -1.80. The molecule has 0 aromatic rings. The summed E-state index contributed by atoms with van der Waals surface area (Å²) in [5, 5.41) is 0. The van der Waals surface area contributed by atoms with E-state index >= 15 is 0 Å². The highest BCUT2D eigenvalue weighted by Gasteiger charge is 2.67. The van der Waals surface area contributed by atoms with Crippen molar-refractivity contribution in [3.8, 4) is 0 Å². The zero-order chi connectivity index (χ0) is 19.3. The van der Waals surface area contributed by atoms with Gasteiger partial charge < -0.3 is 19.3 Å². The lowest BCUT2D eigenvalue weighted by atomic mass is 9.77. The van der Waals surface area contributed by atoms with E-state index in [0.717, 1.165) is 4.90 Å². The second-order valence-corrected chi connectivity index (χ2v) is 8.60. The summed E-state index contributed by atoms with van der Waals surface area (Å²) in [6.45, 7) is 4.72. The largest absolute Gasteiger partial charge is 0.459 e. The number of carbonyl (C=O) groups is 3. The zero-order valence-corrected chi connectivity index (χ0v) is 15.1. The molecule has 3 rings (SSSR count). The summed E-state index contributed by atoms with van der Waals surface area (Å²) in [6, 6.07) is 0. The lowest BCUT2D eigenvalue weighted by molar-refractivity contribution is -0.153. The molecule has 3 heterocycles. The minimum absolute atomic E-state index is 0.0117. The van der Waals surface area contributed by atoms with E-state index in [1.54, 1.807) is 12.2 Å². The van der Waals surface area contributed by atoms with Gasteiger partial charge in [-0.3, -0.25) is 19.1 Å². The van der Waals surface area contributed by atoms with Gasteiger partial charge in [0.2, 0.25) is 11.8 Å². The smallest absolute Gasteiger partial charge is 0.333 e. The standard InChI is InChI=1S/C16H20NO8P/c1-9(2)15(20)24-8-16-5-4-10(25-16)11-12(16)14(19)17(13(11)18)6-3-7-26(21,22)23/h4-5,10-12H,1,3,6-8H2,2H3,(H2,21,22,23). The third-order valence-electron chi connectivity index (χ3n) is 4.85. The topological polar surface area (TPSA) is 130 Å². The van der Waals surface area contributed by atoms with Crippen molar-refractivity contribution in [1.82, 2.24) is 4.90 Å². The van der Waals surface area contributed by atoms with Crippen molar-refractivity contribution in [2.24, 2.45) is 11.8 Å². The van der Waals surface area contributed by atoms with E-state index in [1.165, 1.54) is 6.92 Å². The third-order valence-corrected chi connectivity index (χ3v) is 5.75. The van der Waals surface area contributed by atoms with Crippen molar-refractivity contribution in [3.63, 3.8) is 0 Å². The van der Waals surface area contributed by atoms with Crippen molar-refractivity contribution in [2.45, 2.75) is 25.0 Å². The quantitative estimate of drug-likeness (QED) is 0.206. The van der Waals surface area contributed by atoms with Crippen LogP contribution in [0, 0.1) is 11.8 Å². The van der Waals surface area contributed by atoms with Crippen LogP contribution in [0.3, 0.4) is 0 Å². The molecule has 0 aliphatic carbocycles. The van der Waals surface area contributed by atoms with E-state index in [2.05, 4.69) is 6.58 Å². The van der Waals surface area contributed by atoms with Crippen LogP contribution >= 0.6 is 7.60 Å². The van der Waals surface area contributed by atoms with Crippen molar-refractivity contribution < 1.29 is 38.2 Å². The van der Waals surface area contributed by atoms with E-state index in [-0.39, 0.29) is 25.1 Å². The maximum Gasteiger partial charge on any atom is 0.333 e. The number of carbonyl (C=O) groups excluding carboxylic acids is 3. The first-order valence-corrected chi connectivity index (χ1v) is 9.95. The molecule has 2 amide bonds. The summed E-state index contributed by atoms with van der Waals surface area (Å²) in [4.78, 5) is 55.9. The monoisotopic (exact) mass is 385 g/mol. The predicted molar refractivity (Wildman–Crippen MR) is 87.7 cm³/mol. The maximum absolute atomic E-state index is 12.8. The Kier molecular flexibility index (Phi) is 4.69. The van der Waals surface area contributed by atoms with E-state index in [0.29, 0.717) is 0 Å². The number of hydrogen-bond acceptors (Lipinski definition) is 6. The molecule has 2 N–H and O–H groups in total. The highest BCUT2D eigenvalue weighted by atomic mass is 31.2. The van der Waals surface area contributed by atoms with Crippen LogP contribution < -0.4 is 0 Å². The number of fused-ring (bicyclic) bond motifs is 5. The molecular weight excluding hydrogens is 365 g/mol. The maximum atomic E-state index is 12.8. The summed E-state index contributed by atoms with van der Waals surface area (Å²) in [5.41, 5.74) is -0.979. The normalized spacial score (nSPS) is 32.3. The molecule has 0 aromatic heterocycles. The SMILES string of the molecule is C=C(C)C(=O)OCC12C=CC(O1)C1C(=O)N(CCCP(=O)(O)O)C(=O)C12. The minimum Gasteiger partial charge on any atom is -0.459 e. The fourth-order valence-corrected chi connectivity index (χ4v) is 4.24. The second kappa shape index (κ2) is 6.42. The molecule has 9 nitrogen and oxygen atoms in total. The van der Waals surface area contributed by atoms with Gasteiger partial charge in [-0.15, -0.1) is 0 Å². The number of likely N-dealkylation sites (tertiary alicyclic amines) is 1. The Bertz CT molecular complexity index is 755. The fourth-order valence-electron chi connectivity index (χ4n) is 3.68. The lowest BCUT2D eigenvalue weighted by Crippen LogP contribution is -2.44. The van der Waals surface area contributed by atoms with Gasteiger partial charge in [0.1, 0.15) is 12.2 Å². The average molecular weight is 385 g/mol. The molecule has 3 aliphatic heterocycles. The highest BCUT2D eigenvalue weighted by Crippen LogP contribution is 2.52. The summed E-state index contributed by atoms with van der Waals surface area (Å²) in [7, 11) is -4.19. The van der Waals surface area contributed by atoms with Gasteiger partial charge in [0.15, 0.2) is 0 Å². The summed E-state index contributed by atoms with van der Waals surface area (Å²) in [5.74, 6) is -3.01. The third kappa shape index (κ3) is 3.16. The van der Waals surface area contributed by atoms with Gasteiger partial charge in [0.05, 0.1) is 24.1 Å². The van der Waals surface area contributed by atoms with Crippen molar-refractivity contribution >= 4 is 25.4 Å². The molecular formula is C16H20NO8P. The van der Waals surface area contributed by atoms with Gasteiger partial charge in [0, 0.05) is 12.1 Å². The van der Waals surface area contributed by atoms with Crippen molar-refractivity contribution in [3.05, 3.63) is 24.3 Å². The van der Waals surface area contributed by atoms with Crippen LogP contribution in [-0.4, -0.2) is 63.5 Å². The fraction of sp³-hybridized carbons (Fsp3) is 0.562. The molecule has 3 aliphatic rings. The molecule has 10 heteroatoms. The lowest BCUT2D eigenvalue weighted by Gasteiger charge is -2.28. The summed E-state index contributed by atoms with van der Waals surface area (Å²) < 4.78 is 21.9. The van der Waals surface area contributed by atoms with Gasteiger partial charge in [-0.05, 0) is 19.4 Å². The molecule has 0 radical (unpaired) electrons. The summed E-state index contributed by atoms with van der Waals surface area (Å²) >= 11 is 0. The predicted octanol–water partition coefficient (Wildman–Crippen LogP) is -0.0179. The first kappa shape index (κ1) is 19.0. The van der Waals surface area contributed by atoms with E-state index in [4.69, 9.17) is 19.3 Å². The van der Waals surface area contributed by atoms with Gasteiger partial charge >= 0.3 is 13.6 Å². The molecule has 2 bridgehead atoms. The Morgan fingerprint density at radius 1 is 1.42 bits per heavy atom. The van der Waals surface area contributed by atoms with Crippen LogP contribution in [0.2, 0.25) is 0 Å². The number of hydrogen-bond donors (Lipinski definition) is 2. The van der Waals surface area contributed by atoms with Crippen LogP contribution in [0.25, 0.3) is 0 Å². The van der Waals surface area contributed by atoms with Crippen LogP contribution in [0.15, 0.2) is 24.3 Å². The Morgan fingerprint density at radius 3 is 2.73 bits per heavy atom. The number of imide groups is 1. The minimum atomic E-state index is -4.19. The zero-order valence-electron chi connectivity index (χ0n) is 14.2. The van der Waals surface area contributed by atoms with E-state index < -0.39 is 55.1 Å². The second-order valence-electron chi connectivity index (χ2n) is 6.83. The van der Waals surface area contributed by atoms with E-state index in [9.17, 15) is 18.9 Å². The first-order valence-electron chi connectivity index (χ1n) is 8.15. The van der Waals surface area contributed by atoms with Crippen LogP contribution in [0.1, 0.15) is 13.3 Å². The highest BCUT2D eigenvalue weighted by molar-refractivity contribution is 7.51. The first-order chi connectivity index (χ1) is 12.1. The molecule has 4 atom stereocenters. The molecule has 0 aromatic carbocycles. The Balaban J connectivity index is 1.73. The number of esters is 1. The molecule has 0 spiro atoms. The number of nitrogens with zero attached hydrogens (tertiary/aromatic N) is 1. The number of amides is 2. The van der Waals surface area contributed by atoms with Gasteiger partial charge in [-0.25, -0.2) is 4.79 Å².